The van der Waals surface area contributed by atoms with Crippen molar-refractivity contribution in [1.29, 1.82) is 0 Å². The largest absolute Gasteiger partial charge is 0.342 e. The number of rotatable bonds is 3. The Balaban J connectivity index is 1.59. The first-order chi connectivity index (χ1) is 10.0. The first-order valence-electron chi connectivity index (χ1n) is 7.63. The van der Waals surface area contributed by atoms with Crippen LogP contribution >= 0.6 is 0 Å². The Morgan fingerprint density at radius 2 is 1.62 bits per heavy atom. The number of sulfone groups is 1. The van der Waals surface area contributed by atoms with E-state index in [1.54, 1.807) is 24.3 Å². The van der Waals surface area contributed by atoms with Crippen LogP contribution in [0.4, 0.5) is 0 Å². The quantitative estimate of drug-likeness (QED) is 0.858. The van der Waals surface area contributed by atoms with Crippen molar-refractivity contribution >= 4 is 15.7 Å². The Morgan fingerprint density at radius 3 is 2.24 bits per heavy atom. The molecule has 4 rings (SSSR count). The third-order valence-electron chi connectivity index (χ3n) is 5.42. The molecule has 5 heteroatoms. The molecule has 1 saturated heterocycles. The van der Waals surface area contributed by atoms with Crippen LogP contribution in [0.15, 0.2) is 35.2 Å². The van der Waals surface area contributed by atoms with Crippen molar-refractivity contribution in [2.45, 2.75) is 41.7 Å². The lowest BCUT2D eigenvalue weighted by atomic mass is 10.1. The predicted molar refractivity (Wildman–Crippen MR) is 78.5 cm³/mol. The average Bonchev–Trinajstić information content (AvgIpc) is 3.36. The molecule has 0 N–H and O–H groups in total. The van der Waals surface area contributed by atoms with E-state index >= 15 is 0 Å². The van der Waals surface area contributed by atoms with Gasteiger partial charge in [0.05, 0.1) is 15.1 Å². The fraction of sp³-hybridized carbons (Fsp3) is 0.562. The van der Waals surface area contributed by atoms with Gasteiger partial charge in [-0.05, 0) is 44.2 Å². The van der Waals surface area contributed by atoms with Crippen molar-refractivity contribution in [2.24, 2.45) is 5.41 Å². The van der Waals surface area contributed by atoms with Crippen LogP contribution in [-0.2, 0) is 14.6 Å². The highest BCUT2D eigenvalue weighted by molar-refractivity contribution is 7.93. The van der Waals surface area contributed by atoms with Gasteiger partial charge in [-0.1, -0.05) is 18.2 Å². The second-order valence-corrected chi connectivity index (χ2v) is 8.86. The van der Waals surface area contributed by atoms with Gasteiger partial charge in [0.15, 0.2) is 9.84 Å². The van der Waals surface area contributed by atoms with Crippen LogP contribution in [0.2, 0.25) is 0 Å². The maximum Gasteiger partial charge on any atom is 0.230 e. The number of carbonyl (C=O) groups is 1. The van der Waals surface area contributed by atoms with E-state index in [0.717, 1.165) is 25.9 Å². The van der Waals surface area contributed by atoms with Gasteiger partial charge in [-0.15, -0.1) is 0 Å². The number of likely N-dealkylation sites (tertiary alicyclic amines) is 1. The molecular formula is C16H19NO3S. The van der Waals surface area contributed by atoms with Gasteiger partial charge in [0.25, 0.3) is 0 Å². The number of piperidine rings is 1. The van der Waals surface area contributed by atoms with E-state index in [1.807, 2.05) is 11.0 Å². The number of hydrogen-bond donors (Lipinski definition) is 0. The van der Waals surface area contributed by atoms with Gasteiger partial charge < -0.3 is 4.90 Å². The number of hydrogen-bond acceptors (Lipinski definition) is 3. The molecule has 4 nitrogen and oxygen atoms in total. The summed E-state index contributed by atoms with van der Waals surface area (Å²) in [6, 6.07) is 8.56. The molecule has 1 aromatic rings. The number of fused-ring (bicyclic) bond motifs is 1. The highest BCUT2D eigenvalue weighted by Gasteiger charge is 2.93. The van der Waals surface area contributed by atoms with Crippen LogP contribution < -0.4 is 0 Å². The normalized spacial score (nSPS) is 34.2. The van der Waals surface area contributed by atoms with Gasteiger partial charge in [-0.25, -0.2) is 8.42 Å². The van der Waals surface area contributed by atoms with E-state index in [1.165, 1.54) is 6.42 Å². The lowest BCUT2D eigenvalue weighted by Gasteiger charge is -2.27. The zero-order valence-corrected chi connectivity index (χ0v) is 12.7. The fourth-order valence-corrected chi connectivity index (χ4v) is 6.29. The van der Waals surface area contributed by atoms with E-state index in [0.29, 0.717) is 17.7 Å². The summed E-state index contributed by atoms with van der Waals surface area (Å²) in [5.41, 5.74) is -0.584. The van der Waals surface area contributed by atoms with Gasteiger partial charge in [-0.3, -0.25) is 4.79 Å². The molecule has 0 spiro atoms. The minimum atomic E-state index is -3.38. The van der Waals surface area contributed by atoms with Gasteiger partial charge in [0, 0.05) is 13.1 Å². The van der Waals surface area contributed by atoms with Crippen LogP contribution in [0.25, 0.3) is 0 Å². The summed E-state index contributed by atoms with van der Waals surface area (Å²) in [6.07, 6.45) is 4.30. The van der Waals surface area contributed by atoms with Crippen molar-refractivity contribution < 1.29 is 13.2 Å². The average molecular weight is 305 g/mol. The summed E-state index contributed by atoms with van der Waals surface area (Å²) >= 11 is 0. The third kappa shape index (κ3) is 1.61. The monoisotopic (exact) mass is 305 g/mol. The summed E-state index contributed by atoms with van der Waals surface area (Å²) in [4.78, 5) is 14.9. The molecule has 0 bridgehead atoms. The van der Waals surface area contributed by atoms with E-state index in [9.17, 15) is 13.2 Å². The van der Waals surface area contributed by atoms with Crippen LogP contribution in [0.1, 0.15) is 32.1 Å². The molecular weight excluding hydrogens is 286 g/mol. The van der Waals surface area contributed by atoms with Crippen molar-refractivity contribution in [1.82, 2.24) is 4.90 Å². The zero-order valence-electron chi connectivity index (χ0n) is 11.9. The molecule has 112 valence electrons. The SMILES string of the molecule is O=C(N1CCCCC1)C12CC1(S(=O)(=O)c1ccccc1)C2. The minimum Gasteiger partial charge on any atom is -0.342 e. The first kappa shape index (κ1) is 13.3. The Kier molecular flexibility index (Phi) is 2.60. The van der Waals surface area contributed by atoms with E-state index < -0.39 is 20.0 Å². The third-order valence-corrected chi connectivity index (χ3v) is 8.02. The number of carbonyl (C=O) groups excluding carboxylic acids is 1. The van der Waals surface area contributed by atoms with E-state index in [2.05, 4.69) is 0 Å². The summed E-state index contributed by atoms with van der Waals surface area (Å²) in [5.74, 6) is 0.0849. The Morgan fingerprint density at radius 1 is 1.00 bits per heavy atom. The molecule has 2 aliphatic carbocycles. The summed E-state index contributed by atoms with van der Waals surface area (Å²) in [5, 5.41) is 0. The molecule has 0 radical (unpaired) electrons. The second kappa shape index (κ2) is 4.09. The molecule has 1 amide bonds. The first-order valence-corrected chi connectivity index (χ1v) is 9.11. The van der Waals surface area contributed by atoms with Gasteiger partial charge in [-0.2, -0.15) is 0 Å². The Labute approximate surface area is 125 Å². The van der Waals surface area contributed by atoms with Gasteiger partial charge >= 0.3 is 0 Å². The zero-order chi connectivity index (χ0) is 14.7. The summed E-state index contributed by atoms with van der Waals surface area (Å²) in [7, 11) is -3.38. The lowest BCUT2D eigenvalue weighted by molar-refractivity contribution is -0.135. The van der Waals surface area contributed by atoms with Crippen LogP contribution in [0.5, 0.6) is 0 Å². The van der Waals surface area contributed by atoms with Crippen molar-refractivity contribution in [3.8, 4) is 0 Å². The lowest BCUT2D eigenvalue weighted by Crippen LogP contribution is -2.38. The van der Waals surface area contributed by atoms with Gasteiger partial charge in [0.2, 0.25) is 5.91 Å². The standard InChI is InChI=1S/C16H19NO3S/c18-14(17-9-5-2-6-10-17)15-11-16(15,12-15)21(19,20)13-7-3-1-4-8-13/h1,3-4,7-8H,2,5-6,9-12H2. The van der Waals surface area contributed by atoms with Crippen molar-refractivity contribution in [3.05, 3.63) is 30.3 Å². The maximum atomic E-state index is 12.8. The van der Waals surface area contributed by atoms with Crippen LogP contribution in [-0.4, -0.2) is 37.1 Å². The second-order valence-electron chi connectivity index (χ2n) is 6.60. The number of nitrogens with zero attached hydrogens (tertiary/aromatic N) is 1. The molecule has 3 aliphatic rings. The summed E-state index contributed by atoms with van der Waals surface area (Å²) in [6.45, 7) is 1.59. The minimum absolute atomic E-state index is 0.0849. The predicted octanol–water partition coefficient (Wildman–Crippen LogP) is 2.01. The molecule has 1 aliphatic heterocycles. The van der Waals surface area contributed by atoms with E-state index in [-0.39, 0.29) is 5.91 Å². The molecule has 2 saturated carbocycles. The smallest absolute Gasteiger partial charge is 0.230 e. The fourth-order valence-electron chi connectivity index (χ4n) is 3.85. The maximum absolute atomic E-state index is 12.8. The molecule has 0 aromatic heterocycles. The molecule has 1 aromatic carbocycles. The topological polar surface area (TPSA) is 54.5 Å². The number of benzene rings is 1. The molecule has 21 heavy (non-hydrogen) atoms. The van der Waals surface area contributed by atoms with Gasteiger partial charge in [0.1, 0.15) is 0 Å². The van der Waals surface area contributed by atoms with Crippen molar-refractivity contribution in [2.75, 3.05) is 13.1 Å². The molecule has 0 unspecified atom stereocenters. The van der Waals surface area contributed by atoms with Crippen LogP contribution in [0, 0.1) is 5.41 Å². The molecule has 1 heterocycles. The van der Waals surface area contributed by atoms with Crippen LogP contribution in [0.3, 0.4) is 0 Å². The molecule has 3 fully saturated rings. The van der Waals surface area contributed by atoms with E-state index in [4.69, 9.17) is 0 Å². The Hall–Kier alpha value is -1.36. The highest BCUT2D eigenvalue weighted by Crippen LogP contribution is 2.84. The Bertz CT molecular complexity index is 683. The van der Waals surface area contributed by atoms with Crippen molar-refractivity contribution in [3.63, 3.8) is 0 Å². The number of amides is 1. The molecule has 0 atom stereocenters. The highest BCUT2D eigenvalue weighted by atomic mass is 32.2. The summed E-state index contributed by atoms with van der Waals surface area (Å²) < 4.78 is 24.8.